The van der Waals surface area contributed by atoms with Crippen LogP contribution >= 0.6 is 0 Å². The molecule has 0 aliphatic heterocycles. The van der Waals surface area contributed by atoms with E-state index in [0.717, 1.165) is 25.7 Å². The summed E-state index contributed by atoms with van der Waals surface area (Å²) in [5, 5.41) is 18.1. The minimum absolute atomic E-state index is 0.0834. The molecule has 92 valence electrons. The Kier molecular flexibility index (Phi) is 2.71. The van der Waals surface area contributed by atoms with Crippen molar-refractivity contribution in [1.82, 2.24) is 0 Å². The Morgan fingerprint density at radius 2 is 1.61 bits per heavy atom. The third kappa shape index (κ3) is 1.44. The second-order valence-corrected chi connectivity index (χ2v) is 5.79. The third-order valence-corrected chi connectivity index (χ3v) is 5.12. The zero-order valence-electron chi connectivity index (χ0n) is 10.4. The topological polar surface area (TPSA) is 64.7 Å². The van der Waals surface area contributed by atoms with E-state index in [1.807, 2.05) is 12.1 Å². The fraction of sp³-hybridized carbons (Fsp3) is 0.667. The Hall–Kier alpha value is -1.61. The molecule has 3 rings (SSSR count). The first-order valence-corrected chi connectivity index (χ1v) is 6.86. The molecule has 0 aromatic rings. The van der Waals surface area contributed by atoms with E-state index in [-0.39, 0.29) is 23.2 Å². The minimum atomic E-state index is 0.0834. The average Bonchev–Trinajstić information content (AvgIpc) is 2.69. The first-order chi connectivity index (χ1) is 8.77. The summed E-state index contributed by atoms with van der Waals surface area (Å²) in [4.78, 5) is 12.5. The van der Waals surface area contributed by atoms with Gasteiger partial charge in [-0.2, -0.15) is 10.5 Å². The standard InChI is InChI=1S/C15H16N2O/c16-7-10(8-17)14-11-5-1-3-9-4-2-6-12(13(9)11)15(14)18/h9,11-13H,1-6H2. The zero-order chi connectivity index (χ0) is 12.7. The Labute approximate surface area is 107 Å². The van der Waals surface area contributed by atoms with Crippen LogP contribution in [0, 0.1) is 46.3 Å². The van der Waals surface area contributed by atoms with E-state index in [1.165, 1.54) is 12.8 Å². The molecule has 0 aromatic heterocycles. The first kappa shape index (κ1) is 11.5. The van der Waals surface area contributed by atoms with E-state index in [9.17, 15) is 4.79 Å². The summed E-state index contributed by atoms with van der Waals surface area (Å²) < 4.78 is 0. The molecular weight excluding hydrogens is 224 g/mol. The van der Waals surface area contributed by atoms with Gasteiger partial charge in [-0.05, 0) is 30.6 Å². The Morgan fingerprint density at radius 3 is 2.22 bits per heavy atom. The van der Waals surface area contributed by atoms with E-state index in [4.69, 9.17) is 10.5 Å². The molecule has 3 nitrogen and oxygen atoms in total. The summed E-state index contributed by atoms with van der Waals surface area (Å²) >= 11 is 0. The van der Waals surface area contributed by atoms with Gasteiger partial charge in [-0.15, -0.1) is 0 Å². The van der Waals surface area contributed by atoms with Crippen LogP contribution in [0.3, 0.4) is 0 Å². The lowest BCUT2D eigenvalue weighted by Crippen LogP contribution is -2.33. The van der Waals surface area contributed by atoms with Crippen molar-refractivity contribution in [1.29, 1.82) is 10.5 Å². The van der Waals surface area contributed by atoms with Gasteiger partial charge in [0.15, 0.2) is 5.78 Å². The van der Waals surface area contributed by atoms with Crippen molar-refractivity contribution in [3.8, 4) is 12.1 Å². The van der Waals surface area contributed by atoms with Crippen molar-refractivity contribution in [2.45, 2.75) is 38.5 Å². The quantitative estimate of drug-likeness (QED) is 0.483. The Balaban J connectivity index is 2.09. The number of Topliss-reactive ketones (excluding diaryl/α,β-unsaturated/α-hetero) is 1. The van der Waals surface area contributed by atoms with Crippen LogP contribution in [0.25, 0.3) is 0 Å². The number of rotatable bonds is 0. The van der Waals surface area contributed by atoms with Gasteiger partial charge in [-0.25, -0.2) is 0 Å². The van der Waals surface area contributed by atoms with Gasteiger partial charge in [0.2, 0.25) is 0 Å². The highest BCUT2D eigenvalue weighted by molar-refractivity contribution is 6.02. The molecule has 0 heterocycles. The van der Waals surface area contributed by atoms with Crippen molar-refractivity contribution in [2.24, 2.45) is 23.7 Å². The van der Waals surface area contributed by atoms with Gasteiger partial charge in [0.05, 0.1) is 0 Å². The van der Waals surface area contributed by atoms with E-state index >= 15 is 0 Å². The number of carbonyl (C=O) groups is 1. The highest BCUT2D eigenvalue weighted by Gasteiger charge is 2.52. The van der Waals surface area contributed by atoms with Crippen LogP contribution in [0.15, 0.2) is 11.1 Å². The van der Waals surface area contributed by atoms with Crippen LogP contribution in [0.4, 0.5) is 0 Å². The summed E-state index contributed by atoms with van der Waals surface area (Å²) in [5.41, 5.74) is 0.668. The van der Waals surface area contributed by atoms with Crippen molar-refractivity contribution in [3.05, 3.63) is 11.1 Å². The maximum Gasteiger partial charge on any atom is 0.164 e. The summed E-state index contributed by atoms with van der Waals surface area (Å²) in [6, 6.07) is 3.87. The largest absolute Gasteiger partial charge is 0.294 e. The van der Waals surface area contributed by atoms with Gasteiger partial charge < -0.3 is 0 Å². The average molecular weight is 240 g/mol. The highest BCUT2D eigenvalue weighted by atomic mass is 16.1. The normalized spacial score (nSPS) is 37.7. The number of nitriles is 2. The van der Waals surface area contributed by atoms with E-state index in [1.54, 1.807) is 0 Å². The van der Waals surface area contributed by atoms with E-state index < -0.39 is 0 Å². The van der Waals surface area contributed by atoms with Crippen LogP contribution in [0.2, 0.25) is 0 Å². The second kappa shape index (κ2) is 4.25. The molecule has 18 heavy (non-hydrogen) atoms. The molecule has 0 N–H and O–H groups in total. The predicted molar refractivity (Wildman–Crippen MR) is 64.9 cm³/mol. The number of ketones is 1. The number of allylic oxidation sites excluding steroid dienone is 2. The van der Waals surface area contributed by atoms with Crippen LogP contribution in [0.1, 0.15) is 38.5 Å². The maximum absolute atomic E-state index is 12.5. The summed E-state index contributed by atoms with van der Waals surface area (Å²) in [5.74, 6) is 1.53. The molecule has 0 bridgehead atoms. The summed E-state index contributed by atoms with van der Waals surface area (Å²) in [6.07, 6.45) is 6.68. The highest BCUT2D eigenvalue weighted by Crippen LogP contribution is 2.55. The molecule has 0 aromatic carbocycles. The fourth-order valence-corrected chi connectivity index (χ4v) is 4.53. The molecule has 0 spiro atoms. The molecule has 3 heteroatoms. The molecule has 3 aliphatic carbocycles. The summed E-state index contributed by atoms with van der Waals surface area (Å²) in [7, 11) is 0. The molecule has 3 fully saturated rings. The molecule has 3 saturated carbocycles. The zero-order valence-corrected chi connectivity index (χ0v) is 10.4. The first-order valence-electron chi connectivity index (χ1n) is 6.86. The smallest absolute Gasteiger partial charge is 0.164 e. The van der Waals surface area contributed by atoms with Gasteiger partial charge >= 0.3 is 0 Å². The Bertz CT molecular complexity index is 488. The lowest BCUT2D eigenvalue weighted by molar-refractivity contribution is -0.120. The molecule has 0 radical (unpaired) electrons. The van der Waals surface area contributed by atoms with Crippen LogP contribution in [0.5, 0.6) is 0 Å². The second-order valence-electron chi connectivity index (χ2n) is 5.79. The summed E-state index contributed by atoms with van der Waals surface area (Å²) in [6.45, 7) is 0. The van der Waals surface area contributed by atoms with Gasteiger partial charge in [0.1, 0.15) is 17.7 Å². The van der Waals surface area contributed by atoms with Crippen LogP contribution < -0.4 is 0 Å². The van der Waals surface area contributed by atoms with Gasteiger partial charge in [-0.3, -0.25) is 4.79 Å². The fourth-order valence-electron chi connectivity index (χ4n) is 4.53. The SMILES string of the molecule is N#CC(C#N)=C1C(=O)C2CCCC3CCCC1C32. The van der Waals surface area contributed by atoms with Crippen molar-refractivity contribution in [2.75, 3.05) is 0 Å². The van der Waals surface area contributed by atoms with Crippen molar-refractivity contribution < 1.29 is 4.79 Å². The number of hydrogen-bond acceptors (Lipinski definition) is 3. The number of nitrogens with zero attached hydrogens (tertiary/aromatic N) is 2. The van der Waals surface area contributed by atoms with Gasteiger partial charge in [-0.1, -0.05) is 25.7 Å². The molecule has 4 atom stereocenters. The predicted octanol–water partition coefficient (Wildman–Crippen LogP) is 2.75. The lowest BCUT2D eigenvalue weighted by atomic mass is 9.64. The molecule has 0 saturated heterocycles. The van der Waals surface area contributed by atoms with Gasteiger partial charge in [0, 0.05) is 11.5 Å². The van der Waals surface area contributed by atoms with Crippen molar-refractivity contribution >= 4 is 5.78 Å². The van der Waals surface area contributed by atoms with E-state index in [2.05, 4.69) is 0 Å². The molecular formula is C15H16N2O. The molecule has 4 unspecified atom stereocenters. The van der Waals surface area contributed by atoms with Crippen molar-refractivity contribution in [3.63, 3.8) is 0 Å². The Morgan fingerprint density at radius 1 is 1.00 bits per heavy atom. The molecule has 3 aliphatic rings. The van der Waals surface area contributed by atoms with Crippen LogP contribution in [-0.2, 0) is 4.79 Å². The molecule has 0 amide bonds. The minimum Gasteiger partial charge on any atom is -0.294 e. The number of carbonyl (C=O) groups excluding carboxylic acids is 1. The lowest BCUT2D eigenvalue weighted by Gasteiger charge is -2.39. The number of hydrogen-bond donors (Lipinski definition) is 0. The third-order valence-electron chi connectivity index (χ3n) is 5.12. The monoisotopic (exact) mass is 240 g/mol. The van der Waals surface area contributed by atoms with Crippen LogP contribution in [-0.4, -0.2) is 5.78 Å². The van der Waals surface area contributed by atoms with E-state index in [0.29, 0.717) is 17.4 Å². The van der Waals surface area contributed by atoms with Gasteiger partial charge in [0.25, 0.3) is 0 Å². The maximum atomic E-state index is 12.5.